The molecule has 4 rings (SSSR count). The first-order valence-corrected chi connectivity index (χ1v) is 10.5. The van der Waals surface area contributed by atoms with Crippen LogP contribution < -0.4 is 15.5 Å². The van der Waals surface area contributed by atoms with Crippen molar-refractivity contribution in [2.45, 2.75) is 18.8 Å². The highest BCUT2D eigenvalue weighted by atomic mass is 16.5. The molecule has 2 aliphatic heterocycles. The predicted octanol–water partition coefficient (Wildman–Crippen LogP) is 0.548. The van der Waals surface area contributed by atoms with Gasteiger partial charge in [0.15, 0.2) is 12.2 Å². The number of carbonyl (C=O) groups excluding carboxylic acids is 3. The molecule has 0 saturated carbocycles. The predicted molar refractivity (Wildman–Crippen MR) is 121 cm³/mol. The molecule has 33 heavy (non-hydrogen) atoms. The number of amidine groups is 1. The molecule has 2 atom stereocenters. The zero-order valence-corrected chi connectivity index (χ0v) is 18.3. The molecule has 2 aromatic rings. The molecule has 1 unspecified atom stereocenters. The van der Waals surface area contributed by atoms with Gasteiger partial charge >= 0.3 is 0 Å². The summed E-state index contributed by atoms with van der Waals surface area (Å²) in [5, 5.41) is 23.9. The van der Waals surface area contributed by atoms with Crippen molar-refractivity contribution < 1.29 is 24.2 Å². The summed E-state index contributed by atoms with van der Waals surface area (Å²) in [7, 11) is 3.28. The summed E-state index contributed by atoms with van der Waals surface area (Å²) < 4.78 is 5.45. The van der Waals surface area contributed by atoms with Crippen LogP contribution in [-0.2, 0) is 20.9 Å². The molecule has 3 amide bonds. The number of carbonyl (C=O) groups is 3. The monoisotopic (exact) mass is 451 g/mol. The van der Waals surface area contributed by atoms with Crippen molar-refractivity contribution in [1.29, 1.82) is 5.41 Å². The van der Waals surface area contributed by atoms with Crippen LogP contribution in [0.3, 0.4) is 0 Å². The van der Waals surface area contributed by atoms with Gasteiger partial charge in [-0.3, -0.25) is 19.8 Å². The molecule has 0 aromatic heterocycles. The number of hydrogen-bond donors (Lipinski definition) is 4. The standard InChI is InChI=1S/C23H25N5O5/c1-27(2)22(31)13-4-3-5-16(11-13)28-8-9-33-19(23(28)32)18(29)21(30)26-15-6-7-17-14(10-15)12-25-20(17)24/h3-7,10-11,18-19,29H,8-9,12H2,1-2H3,(H2,24,25)(H,26,30)/t18?,19-/m1/s1. The third kappa shape index (κ3) is 4.43. The first-order valence-electron chi connectivity index (χ1n) is 10.5. The fourth-order valence-electron chi connectivity index (χ4n) is 3.85. The van der Waals surface area contributed by atoms with Crippen molar-refractivity contribution >= 4 is 34.9 Å². The second-order valence-electron chi connectivity index (χ2n) is 8.07. The van der Waals surface area contributed by atoms with E-state index in [1.54, 1.807) is 56.6 Å². The van der Waals surface area contributed by atoms with Crippen molar-refractivity contribution in [3.8, 4) is 0 Å². The molecule has 4 N–H and O–H groups in total. The Morgan fingerprint density at radius 1 is 1.27 bits per heavy atom. The van der Waals surface area contributed by atoms with Crippen LogP contribution >= 0.6 is 0 Å². The molecule has 1 saturated heterocycles. The number of nitrogens with zero attached hydrogens (tertiary/aromatic N) is 2. The average Bonchev–Trinajstić information content (AvgIpc) is 3.18. The number of fused-ring (bicyclic) bond motifs is 1. The Hall–Kier alpha value is -3.76. The van der Waals surface area contributed by atoms with E-state index in [9.17, 15) is 19.5 Å². The molecule has 1 fully saturated rings. The summed E-state index contributed by atoms with van der Waals surface area (Å²) in [6.45, 7) is 0.835. The van der Waals surface area contributed by atoms with E-state index in [4.69, 9.17) is 10.1 Å². The molecular formula is C23H25N5O5. The second kappa shape index (κ2) is 9.00. The average molecular weight is 451 g/mol. The van der Waals surface area contributed by atoms with Gasteiger partial charge in [0.1, 0.15) is 5.84 Å². The third-order valence-electron chi connectivity index (χ3n) is 5.59. The van der Waals surface area contributed by atoms with E-state index < -0.39 is 24.0 Å². The van der Waals surface area contributed by atoms with Crippen LogP contribution in [0.2, 0.25) is 0 Å². The minimum absolute atomic E-state index is 0.124. The largest absolute Gasteiger partial charge is 0.380 e. The lowest BCUT2D eigenvalue weighted by Crippen LogP contribution is -2.55. The second-order valence-corrected chi connectivity index (χ2v) is 8.07. The normalized spacial score (nSPS) is 18.4. The van der Waals surface area contributed by atoms with E-state index in [1.165, 1.54) is 9.80 Å². The van der Waals surface area contributed by atoms with Crippen molar-refractivity contribution in [2.75, 3.05) is 37.5 Å². The lowest BCUT2D eigenvalue weighted by molar-refractivity contribution is -0.150. The molecule has 0 spiro atoms. The lowest BCUT2D eigenvalue weighted by atomic mass is 10.1. The Morgan fingerprint density at radius 2 is 2.06 bits per heavy atom. The molecule has 0 radical (unpaired) electrons. The number of benzene rings is 2. The summed E-state index contributed by atoms with van der Waals surface area (Å²) in [5.41, 5.74) is 2.97. The highest BCUT2D eigenvalue weighted by molar-refractivity contribution is 6.05. The number of aliphatic hydroxyl groups excluding tert-OH is 1. The summed E-state index contributed by atoms with van der Waals surface area (Å²) in [6.07, 6.45) is -3.10. The number of anilines is 2. The number of nitrogens with one attached hydrogen (secondary N) is 3. The Balaban J connectivity index is 1.47. The van der Waals surface area contributed by atoms with Crippen LogP contribution in [0.1, 0.15) is 21.5 Å². The van der Waals surface area contributed by atoms with Crippen LogP contribution in [0, 0.1) is 5.41 Å². The van der Waals surface area contributed by atoms with Crippen molar-refractivity contribution in [2.24, 2.45) is 0 Å². The van der Waals surface area contributed by atoms with Gasteiger partial charge < -0.3 is 30.3 Å². The summed E-state index contributed by atoms with van der Waals surface area (Å²) >= 11 is 0. The fraction of sp³-hybridized carbons (Fsp3) is 0.304. The Bertz CT molecular complexity index is 1130. The van der Waals surface area contributed by atoms with Crippen LogP contribution in [0.4, 0.5) is 11.4 Å². The molecule has 10 nitrogen and oxygen atoms in total. The van der Waals surface area contributed by atoms with E-state index in [2.05, 4.69) is 10.6 Å². The number of rotatable bonds is 5. The van der Waals surface area contributed by atoms with Gasteiger partial charge in [-0.25, -0.2) is 0 Å². The summed E-state index contributed by atoms with van der Waals surface area (Å²) in [4.78, 5) is 40.8. The van der Waals surface area contributed by atoms with Crippen LogP contribution in [0.15, 0.2) is 42.5 Å². The molecular weight excluding hydrogens is 426 g/mol. The molecule has 0 aliphatic carbocycles. The van der Waals surface area contributed by atoms with Gasteiger partial charge in [0, 0.05) is 49.7 Å². The maximum absolute atomic E-state index is 13.1. The van der Waals surface area contributed by atoms with Gasteiger partial charge in [0.05, 0.1) is 6.61 Å². The van der Waals surface area contributed by atoms with E-state index in [0.717, 1.165) is 11.1 Å². The quantitative estimate of drug-likeness (QED) is 0.524. The van der Waals surface area contributed by atoms with E-state index in [0.29, 0.717) is 29.3 Å². The topological polar surface area (TPSA) is 135 Å². The lowest BCUT2D eigenvalue weighted by Gasteiger charge is -2.34. The zero-order chi connectivity index (χ0) is 23.7. The number of ether oxygens (including phenoxy) is 1. The molecule has 2 heterocycles. The van der Waals surface area contributed by atoms with Gasteiger partial charge in [0.2, 0.25) is 0 Å². The van der Waals surface area contributed by atoms with Crippen LogP contribution in [-0.4, -0.2) is 73.0 Å². The van der Waals surface area contributed by atoms with E-state index in [-0.39, 0.29) is 19.1 Å². The van der Waals surface area contributed by atoms with Gasteiger partial charge in [-0.2, -0.15) is 0 Å². The van der Waals surface area contributed by atoms with Gasteiger partial charge in [-0.05, 0) is 42.0 Å². The first-order chi connectivity index (χ1) is 15.8. The fourth-order valence-corrected chi connectivity index (χ4v) is 3.85. The Labute approximate surface area is 190 Å². The van der Waals surface area contributed by atoms with Crippen molar-refractivity contribution in [3.63, 3.8) is 0 Å². The van der Waals surface area contributed by atoms with Crippen molar-refractivity contribution in [1.82, 2.24) is 10.2 Å². The molecule has 172 valence electrons. The first kappa shape index (κ1) is 22.4. The molecule has 10 heteroatoms. The highest BCUT2D eigenvalue weighted by Gasteiger charge is 2.39. The number of aliphatic hydroxyl groups is 1. The minimum atomic E-state index is -1.73. The highest BCUT2D eigenvalue weighted by Crippen LogP contribution is 2.24. The van der Waals surface area contributed by atoms with Gasteiger partial charge in [-0.15, -0.1) is 0 Å². The van der Waals surface area contributed by atoms with Crippen molar-refractivity contribution in [3.05, 3.63) is 59.2 Å². The number of amides is 3. The van der Waals surface area contributed by atoms with Crippen LogP contribution in [0.5, 0.6) is 0 Å². The molecule has 2 aliphatic rings. The molecule has 2 aromatic carbocycles. The third-order valence-corrected chi connectivity index (χ3v) is 5.59. The summed E-state index contributed by atoms with van der Waals surface area (Å²) in [6, 6.07) is 11.7. The SMILES string of the molecule is CN(C)C(=O)c1cccc(N2CCO[C@H](C(O)C(=O)Nc3ccc4c(c3)CNC4=N)C2=O)c1. The smallest absolute Gasteiger partial charge is 0.259 e. The van der Waals surface area contributed by atoms with Gasteiger partial charge in [0.25, 0.3) is 17.7 Å². The molecule has 0 bridgehead atoms. The van der Waals surface area contributed by atoms with E-state index in [1.807, 2.05) is 0 Å². The van der Waals surface area contributed by atoms with E-state index >= 15 is 0 Å². The number of hydrogen-bond acceptors (Lipinski definition) is 6. The Kier molecular flexibility index (Phi) is 6.12. The summed E-state index contributed by atoms with van der Waals surface area (Å²) in [5.74, 6) is -1.22. The van der Waals surface area contributed by atoms with Crippen LogP contribution in [0.25, 0.3) is 0 Å². The maximum Gasteiger partial charge on any atom is 0.259 e. The minimum Gasteiger partial charge on any atom is -0.380 e. The Morgan fingerprint density at radius 3 is 2.82 bits per heavy atom. The maximum atomic E-state index is 13.1. The van der Waals surface area contributed by atoms with Gasteiger partial charge in [-0.1, -0.05) is 6.07 Å². The zero-order valence-electron chi connectivity index (χ0n) is 18.3. The number of morpholine rings is 1.